The fraction of sp³-hybridized carbons (Fsp3) is 0.231. The molecule has 2 aromatic rings. The Morgan fingerprint density at radius 1 is 1.38 bits per heavy atom. The molecule has 0 aliphatic heterocycles. The number of carboxylic acid groups (broad SMARTS) is 1. The normalized spacial score (nSPS) is 10.1. The van der Waals surface area contributed by atoms with Crippen molar-refractivity contribution in [2.45, 2.75) is 13.0 Å². The molecular weight excluding hydrogens is 276 g/mol. The van der Waals surface area contributed by atoms with E-state index < -0.39 is 5.97 Å². The lowest BCUT2D eigenvalue weighted by Crippen LogP contribution is -2.15. The summed E-state index contributed by atoms with van der Waals surface area (Å²) in [5.41, 5.74) is 0.746. The Morgan fingerprint density at radius 3 is 2.86 bits per heavy atom. The molecule has 0 saturated heterocycles. The number of nitrogens with one attached hydrogen (secondary N) is 1. The number of rotatable bonds is 6. The molecule has 8 nitrogen and oxygen atoms in total. The Kier molecular flexibility index (Phi) is 4.50. The van der Waals surface area contributed by atoms with Crippen LogP contribution >= 0.6 is 0 Å². The molecule has 1 aromatic carbocycles. The first-order chi connectivity index (χ1) is 10.1. The van der Waals surface area contributed by atoms with Crippen molar-refractivity contribution in [3.63, 3.8) is 0 Å². The summed E-state index contributed by atoms with van der Waals surface area (Å²) in [6.07, 6.45) is 1.48. The zero-order valence-electron chi connectivity index (χ0n) is 11.3. The first kappa shape index (κ1) is 14.5. The third-order valence-electron chi connectivity index (χ3n) is 2.65. The number of para-hydroxylation sites is 1. The number of carbonyl (C=O) groups is 2. The van der Waals surface area contributed by atoms with Gasteiger partial charge in [0.15, 0.2) is 5.82 Å². The molecule has 0 aliphatic carbocycles. The van der Waals surface area contributed by atoms with Crippen LogP contribution in [0.15, 0.2) is 30.5 Å². The zero-order valence-corrected chi connectivity index (χ0v) is 11.3. The van der Waals surface area contributed by atoms with Gasteiger partial charge in [-0.05, 0) is 6.07 Å². The molecule has 2 rings (SSSR count). The van der Waals surface area contributed by atoms with E-state index in [1.54, 1.807) is 12.1 Å². The molecule has 1 aromatic heterocycles. The van der Waals surface area contributed by atoms with Crippen LogP contribution in [0.3, 0.4) is 0 Å². The summed E-state index contributed by atoms with van der Waals surface area (Å²) in [5.74, 6) is -0.494. The van der Waals surface area contributed by atoms with Crippen molar-refractivity contribution in [2.75, 3.05) is 12.4 Å². The number of ether oxygens (including phenoxy) is 1. The van der Waals surface area contributed by atoms with Gasteiger partial charge in [-0.1, -0.05) is 23.4 Å². The van der Waals surface area contributed by atoms with Crippen molar-refractivity contribution >= 4 is 17.7 Å². The number of carbonyl (C=O) groups excluding carboxylic acids is 1. The van der Waals surface area contributed by atoms with Gasteiger partial charge in [-0.2, -0.15) is 0 Å². The molecule has 0 spiro atoms. The number of aliphatic carboxylic acids is 1. The van der Waals surface area contributed by atoms with Crippen LogP contribution in [0.1, 0.15) is 5.56 Å². The lowest BCUT2D eigenvalue weighted by Gasteiger charge is -2.07. The maximum absolute atomic E-state index is 11.9. The van der Waals surface area contributed by atoms with Gasteiger partial charge in [0.05, 0.1) is 19.7 Å². The second-order valence-electron chi connectivity index (χ2n) is 4.23. The zero-order chi connectivity index (χ0) is 15.2. The fourth-order valence-electron chi connectivity index (χ4n) is 1.78. The summed E-state index contributed by atoms with van der Waals surface area (Å²) in [7, 11) is 1.54. The number of nitrogens with zero attached hydrogens (tertiary/aromatic N) is 3. The molecule has 110 valence electrons. The van der Waals surface area contributed by atoms with Crippen molar-refractivity contribution in [3.05, 3.63) is 36.0 Å². The number of hydrogen-bond acceptors (Lipinski definition) is 5. The molecular formula is C13H14N4O4. The topological polar surface area (TPSA) is 106 Å². The Balaban J connectivity index is 1.98. The van der Waals surface area contributed by atoms with Gasteiger partial charge in [-0.3, -0.25) is 9.59 Å². The summed E-state index contributed by atoms with van der Waals surface area (Å²) in [6.45, 7) is -0.310. The SMILES string of the molecule is COc1ccccc1CC(=O)Nc1cn(CC(=O)O)nn1. The number of anilines is 1. The van der Waals surface area contributed by atoms with Crippen molar-refractivity contribution in [1.29, 1.82) is 0 Å². The molecule has 1 heterocycles. The van der Waals surface area contributed by atoms with E-state index in [-0.39, 0.29) is 24.7 Å². The number of hydrogen-bond donors (Lipinski definition) is 2. The summed E-state index contributed by atoms with van der Waals surface area (Å²) >= 11 is 0. The van der Waals surface area contributed by atoms with E-state index in [9.17, 15) is 9.59 Å². The summed E-state index contributed by atoms with van der Waals surface area (Å²) in [5, 5.41) is 18.5. The van der Waals surface area contributed by atoms with Gasteiger partial charge < -0.3 is 15.2 Å². The predicted molar refractivity (Wildman–Crippen MR) is 73.0 cm³/mol. The van der Waals surface area contributed by atoms with Crippen molar-refractivity contribution in [2.24, 2.45) is 0 Å². The fourth-order valence-corrected chi connectivity index (χ4v) is 1.78. The van der Waals surface area contributed by atoms with Gasteiger partial charge in [0.25, 0.3) is 0 Å². The summed E-state index contributed by atoms with van der Waals surface area (Å²) in [4.78, 5) is 22.4. The van der Waals surface area contributed by atoms with Gasteiger partial charge >= 0.3 is 5.97 Å². The summed E-state index contributed by atoms with van der Waals surface area (Å²) < 4.78 is 6.29. The maximum atomic E-state index is 11.9. The first-order valence-electron chi connectivity index (χ1n) is 6.12. The molecule has 0 aliphatic rings. The number of benzene rings is 1. The quantitative estimate of drug-likeness (QED) is 0.804. The van der Waals surface area contributed by atoms with Crippen LogP contribution in [0.5, 0.6) is 5.75 Å². The molecule has 0 radical (unpaired) electrons. The van der Waals surface area contributed by atoms with Crippen LogP contribution in [0.25, 0.3) is 0 Å². The van der Waals surface area contributed by atoms with E-state index in [0.29, 0.717) is 5.75 Å². The van der Waals surface area contributed by atoms with Gasteiger partial charge in [0, 0.05) is 5.56 Å². The first-order valence-corrected chi connectivity index (χ1v) is 6.12. The van der Waals surface area contributed by atoms with E-state index in [2.05, 4.69) is 15.6 Å². The number of aromatic nitrogens is 3. The monoisotopic (exact) mass is 290 g/mol. The largest absolute Gasteiger partial charge is 0.496 e. The van der Waals surface area contributed by atoms with Crippen LogP contribution in [-0.4, -0.2) is 39.1 Å². The number of amides is 1. The van der Waals surface area contributed by atoms with Crippen LogP contribution < -0.4 is 10.1 Å². The third-order valence-corrected chi connectivity index (χ3v) is 2.65. The van der Waals surface area contributed by atoms with Crippen molar-refractivity contribution < 1.29 is 19.4 Å². The molecule has 2 N–H and O–H groups in total. The molecule has 0 unspecified atom stereocenters. The highest BCUT2D eigenvalue weighted by Crippen LogP contribution is 2.18. The summed E-state index contributed by atoms with van der Waals surface area (Å²) in [6, 6.07) is 7.19. The number of carboxylic acids is 1. The van der Waals surface area contributed by atoms with Crippen molar-refractivity contribution in [3.8, 4) is 5.75 Å². The molecule has 8 heteroatoms. The van der Waals surface area contributed by atoms with Crippen LogP contribution in [-0.2, 0) is 22.6 Å². The van der Waals surface area contributed by atoms with E-state index in [0.717, 1.165) is 10.2 Å². The highest BCUT2D eigenvalue weighted by atomic mass is 16.5. The molecule has 21 heavy (non-hydrogen) atoms. The smallest absolute Gasteiger partial charge is 0.325 e. The Hall–Kier alpha value is -2.90. The van der Waals surface area contributed by atoms with Gasteiger partial charge in [0.2, 0.25) is 5.91 Å². The lowest BCUT2D eigenvalue weighted by atomic mass is 10.1. The average molecular weight is 290 g/mol. The van der Waals surface area contributed by atoms with Crippen LogP contribution in [0.2, 0.25) is 0 Å². The highest BCUT2D eigenvalue weighted by Gasteiger charge is 2.11. The minimum Gasteiger partial charge on any atom is -0.496 e. The van der Waals surface area contributed by atoms with Gasteiger partial charge in [-0.15, -0.1) is 5.10 Å². The number of methoxy groups -OCH3 is 1. The van der Waals surface area contributed by atoms with Crippen LogP contribution in [0.4, 0.5) is 5.82 Å². The van der Waals surface area contributed by atoms with Crippen molar-refractivity contribution in [1.82, 2.24) is 15.0 Å². The molecule has 0 fully saturated rings. The van der Waals surface area contributed by atoms with E-state index in [1.807, 2.05) is 12.1 Å². The second kappa shape index (κ2) is 6.51. The Morgan fingerprint density at radius 2 is 2.14 bits per heavy atom. The molecule has 0 atom stereocenters. The van der Waals surface area contributed by atoms with E-state index in [1.165, 1.54) is 13.3 Å². The van der Waals surface area contributed by atoms with E-state index in [4.69, 9.17) is 9.84 Å². The standard InChI is InChI=1S/C13H14N4O4/c1-21-10-5-3-2-4-9(10)6-12(18)14-11-7-17(16-15-11)8-13(19)20/h2-5,7H,6,8H2,1H3,(H,14,18)(H,19,20). The Bertz CT molecular complexity index is 653. The van der Waals surface area contributed by atoms with Gasteiger partial charge in [0.1, 0.15) is 12.3 Å². The lowest BCUT2D eigenvalue weighted by molar-refractivity contribution is -0.137. The molecule has 0 saturated carbocycles. The highest BCUT2D eigenvalue weighted by molar-refractivity contribution is 5.91. The maximum Gasteiger partial charge on any atom is 0.325 e. The Labute approximate surface area is 120 Å². The minimum absolute atomic E-state index is 0.121. The third kappa shape index (κ3) is 4.03. The van der Waals surface area contributed by atoms with Gasteiger partial charge in [-0.25, -0.2) is 4.68 Å². The minimum atomic E-state index is -1.04. The predicted octanol–water partition coefficient (Wildman–Crippen LogP) is 0.552. The van der Waals surface area contributed by atoms with E-state index >= 15 is 0 Å². The molecule has 0 bridgehead atoms. The average Bonchev–Trinajstić information content (AvgIpc) is 2.85. The second-order valence-corrected chi connectivity index (χ2v) is 4.23. The molecule has 1 amide bonds. The van der Waals surface area contributed by atoms with Crippen LogP contribution in [0, 0.1) is 0 Å².